The van der Waals surface area contributed by atoms with Crippen molar-refractivity contribution in [1.29, 1.82) is 0 Å². The van der Waals surface area contributed by atoms with Crippen LogP contribution in [0.2, 0.25) is 0 Å². The average Bonchev–Trinajstić information content (AvgIpc) is 2.93. The van der Waals surface area contributed by atoms with Gasteiger partial charge in [-0.2, -0.15) is 17.5 Å². The highest BCUT2D eigenvalue weighted by Crippen LogP contribution is 2.29. The summed E-state index contributed by atoms with van der Waals surface area (Å²) in [6.45, 7) is 0. The number of hydrogen-bond acceptors (Lipinski definition) is 5. The summed E-state index contributed by atoms with van der Waals surface area (Å²) in [4.78, 5) is 23.7. The predicted octanol–water partition coefficient (Wildman–Crippen LogP) is 3.00. The van der Waals surface area contributed by atoms with E-state index in [9.17, 15) is 22.8 Å². The van der Waals surface area contributed by atoms with E-state index < -0.39 is 23.4 Å². The number of hydrogen-bond donors (Lipinski definition) is 2. The van der Waals surface area contributed by atoms with Crippen LogP contribution in [0.25, 0.3) is 6.08 Å². The fourth-order valence-corrected chi connectivity index (χ4v) is 2.50. The quantitative estimate of drug-likeness (QED) is 0.652. The third kappa shape index (κ3) is 3.80. The first kappa shape index (κ1) is 17.7. The molecule has 24 heavy (non-hydrogen) atoms. The largest absolute Gasteiger partial charge is 0.416 e. The summed E-state index contributed by atoms with van der Waals surface area (Å²) in [5.41, 5.74) is 5.32. The van der Waals surface area contributed by atoms with Crippen molar-refractivity contribution in [2.24, 2.45) is 0 Å². The van der Waals surface area contributed by atoms with Gasteiger partial charge in [-0.25, -0.2) is 0 Å². The highest BCUT2D eigenvalue weighted by Gasteiger charge is 2.29. The summed E-state index contributed by atoms with van der Waals surface area (Å²) in [6, 6.07) is 4.35. The molecular weight excluding hydrogens is 343 g/mol. The normalized spacial score (nSPS) is 11.7. The maximum absolute atomic E-state index is 12.5. The van der Waals surface area contributed by atoms with Gasteiger partial charge in [0.25, 0.3) is 5.91 Å². The number of allylic oxidation sites excluding steroid dienone is 1. The Labute approximate surface area is 139 Å². The zero-order valence-electron chi connectivity index (χ0n) is 12.3. The number of carbonyl (C=O) groups excluding carboxylic acids is 2. The van der Waals surface area contributed by atoms with Gasteiger partial charge in [-0.1, -0.05) is 18.2 Å². The van der Waals surface area contributed by atoms with Crippen LogP contribution in [-0.4, -0.2) is 23.1 Å². The van der Waals surface area contributed by atoms with Crippen molar-refractivity contribution in [3.05, 3.63) is 52.0 Å². The molecule has 0 bridgehead atoms. The maximum atomic E-state index is 12.5. The minimum Gasteiger partial charge on any atom is -0.395 e. The van der Waals surface area contributed by atoms with Gasteiger partial charge in [0.1, 0.15) is 4.88 Å². The molecule has 3 N–H and O–H groups in total. The number of ketones is 1. The van der Waals surface area contributed by atoms with Gasteiger partial charge >= 0.3 is 6.18 Å². The Bertz CT molecular complexity index is 795. The number of anilines is 1. The molecule has 0 aliphatic carbocycles. The van der Waals surface area contributed by atoms with Crippen LogP contribution < -0.4 is 11.1 Å². The second kappa shape index (κ2) is 6.83. The molecule has 0 fully saturated rings. The molecule has 1 aromatic heterocycles. The molecule has 0 aliphatic heterocycles. The molecule has 0 saturated heterocycles. The highest BCUT2D eigenvalue weighted by atomic mass is 32.1. The van der Waals surface area contributed by atoms with E-state index in [-0.39, 0.29) is 16.3 Å². The van der Waals surface area contributed by atoms with Crippen LogP contribution in [0.15, 0.2) is 30.3 Å². The zero-order chi connectivity index (χ0) is 17.9. The number of aromatic nitrogens is 1. The summed E-state index contributed by atoms with van der Waals surface area (Å²) in [5.74, 6) is -0.991. The topological polar surface area (TPSA) is 85.1 Å². The lowest BCUT2D eigenvalue weighted by Gasteiger charge is -2.05. The van der Waals surface area contributed by atoms with E-state index >= 15 is 0 Å². The summed E-state index contributed by atoms with van der Waals surface area (Å²) in [7, 11) is 1.41. The molecule has 2 rings (SSSR count). The van der Waals surface area contributed by atoms with E-state index in [1.807, 2.05) is 0 Å². The van der Waals surface area contributed by atoms with E-state index in [0.29, 0.717) is 5.56 Å². The molecule has 0 radical (unpaired) electrons. The Morgan fingerprint density at radius 2 is 1.88 bits per heavy atom. The maximum Gasteiger partial charge on any atom is 0.416 e. The molecule has 0 unspecified atom stereocenters. The fourth-order valence-electron chi connectivity index (χ4n) is 1.79. The number of rotatable bonds is 4. The highest BCUT2D eigenvalue weighted by molar-refractivity contribution is 7.09. The van der Waals surface area contributed by atoms with Crippen LogP contribution in [-0.2, 0) is 6.18 Å². The summed E-state index contributed by atoms with van der Waals surface area (Å²) in [6.07, 6.45) is -1.88. The number of nitrogen functional groups attached to an aromatic ring is 1. The SMILES string of the molecule is CNC(=O)c1nsc(C(=O)/C=C/c2ccc(C(F)(F)F)cc2)c1N. The third-order valence-corrected chi connectivity index (χ3v) is 3.94. The summed E-state index contributed by atoms with van der Waals surface area (Å²) < 4.78 is 41.2. The van der Waals surface area contributed by atoms with Crippen molar-refractivity contribution in [2.45, 2.75) is 6.18 Å². The van der Waals surface area contributed by atoms with Gasteiger partial charge in [0, 0.05) is 7.05 Å². The Morgan fingerprint density at radius 3 is 2.42 bits per heavy atom. The minimum absolute atomic E-state index is 0.0265. The first-order valence-electron chi connectivity index (χ1n) is 6.61. The molecule has 5 nitrogen and oxygen atoms in total. The number of nitrogens with two attached hydrogens (primary N) is 1. The molecule has 0 aliphatic rings. The molecule has 126 valence electrons. The van der Waals surface area contributed by atoms with Gasteiger partial charge in [0.15, 0.2) is 11.5 Å². The van der Waals surface area contributed by atoms with Crippen molar-refractivity contribution in [3.63, 3.8) is 0 Å². The number of nitrogens with zero attached hydrogens (tertiary/aromatic N) is 1. The van der Waals surface area contributed by atoms with Crippen molar-refractivity contribution < 1.29 is 22.8 Å². The molecule has 0 saturated carbocycles. The van der Waals surface area contributed by atoms with E-state index in [1.54, 1.807) is 0 Å². The van der Waals surface area contributed by atoms with Gasteiger partial charge in [0.2, 0.25) is 0 Å². The van der Waals surface area contributed by atoms with Gasteiger partial charge in [-0.3, -0.25) is 9.59 Å². The predicted molar refractivity (Wildman–Crippen MR) is 84.7 cm³/mol. The zero-order valence-corrected chi connectivity index (χ0v) is 13.2. The van der Waals surface area contributed by atoms with Crippen molar-refractivity contribution in [3.8, 4) is 0 Å². The Hall–Kier alpha value is -2.68. The average molecular weight is 355 g/mol. The third-order valence-electron chi connectivity index (χ3n) is 3.06. The molecular formula is C15H12F3N3O2S. The van der Waals surface area contributed by atoms with Crippen molar-refractivity contribution in [1.82, 2.24) is 9.69 Å². The van der Waals surface area contributed by atoms with Crippen LogP contribution in [0.4, 0.5) is 18.9 Å². The van der Waals surface area contributed by atoms with Gasteiger partial charge in [0.05, 0.1) is 11.3 Å². The lowest BCUT2D eigenvalue weighted by atomic mass is 10.1. The number of alkyl halides is 3. The van der Waals surface area contributed by atoms with Crippen molar-refractivity contribution >= 4 is 35.0 Å². The first-order chi connectivity index (χ1) is 11.2. The van der Waals surface area contributed by atoms with Gasteiger partial charge in [-0.05, 0) is 35.3 Å². The molecule has 1 aromatic carbocycles. The number of nitrogens with one attached hydrogen (secondary N) is 1. The Balaban J connectivity index is 2.16. The number of halogens is 3. The summed E-state index contributed by atoms with van der Waals surface area (Å²) >= 11 is 0.784. The first-order valence-corrected chi connectivity index (χ1v) is 7.38. The lowest BCUT2D eigenvalue weighted by Crippen LogP contribution is -2.19. The smallest absolute Gasteiger partial charge is 0.395 e. The molecule has 0 atom stereocenters. The molecule has 0 spiro atoms. The van der Waals surface area contributed by atoms with Crippen LogP contribution in [0.1, 0.15) is 31.3 Å². The van der Waals surface area contributed by atoms with Gasteiger partial charge in [-0.15, -0.1) is 0 Å². The number of benzene rings is 1. The Kier molecular flexibility index (Phi) is 5.03. The minimum atomic E-state index is -4.41. The van der Waals surface area contributed by atoms with Gasteiger partial charge < -0.3 is 11.1 Å². The molecule has 2 aromatic rings. The van der Waals surface area contributed by atoms with Crippen molar-refractivity contribution in [2.75, 3.05) is 12.8 Å². The molecule has 9 heteroatoms. The number of carbonyl (C=O) groups is 2. The van der Waals surface area contributed by atoms with E-state index in [2.05, 4.69) is 9.69 Å². The second-order valence-electron chi connectivity index (χ2n) is 4.67. The van der Waals surface area contributed by atoms with E-state index in [0.717, 1.165) is 23.7 Å². The van der Waals surface area contributed by atoms with Crippen LogP contribution >= 0.6 is 11.5 Å². The van der Waals surface area contributed by atoms with Crippen LogP contribution in [0.5, 0.6) is 0 Å². The van der Waals surface area contributed by atoms with E-state index in [4.69, 9.17) is 5.73 Å². The molecule has 1 amide bonds. The van der Waals surface area contributed by atoms with Crippen LogP contribution in [0.3, 0.4) is 0 Å². The van der Waals surface area contributed by atoms with Crippen LogP contribution in [0, 0.1) is 0 Å². The fraction of sp³-hybridized carbons (Fsp3) is 0.133. The Morgan fingerprint density at radius 1 is 1.25 bits per heavy atom. The number of amides is 1. The lowest BCUT2D eigenvalue weighted by molar-refractivity contribution is -0.137. The standard InChI is InChI=1S/C15H12F3N3O2S/c1-20-14(23)12-11(19)13(24-21-12)10(22)7-4-8-2-5-9(6-3-8)15(16,17)18/h2-7H,19H2,1H3,(H,20,23)/b7-4+. The monoisotopic (exact) mass is 355 g/mol. The van der Waals surface area contributed by atoms with E-state index in [1.165, 1.54) is 31.3 Å². The summed E-state index contributed by atoms with van der Waals surface area (Å²) in [5, 5.41) is 2.35. The second-order valence-corrected chi connectivity index (χ2v) is 5.44. The molecule has 1 heterocycles.